The molecule has 25 nitrogen and oxygen atoms in total. The van der Waals surface area contributed by atoms with Gasteiger partial charge in [-0.2, -0.15) is 0 Å². The van der Waals surface area contributed by atoms with Gasteiger partial charge in [-0.15, -0.1) is 12.4 Å². The van der Waals surface area contributed by atoms with Crippen LogP contribution in [-0.2, 0) is 71.5 Å². The van der Waals surface area contributed by atoms with Crippen LogP contribution in [0, 0.1) is 27.1 Å². The maximum atomic E-state index is 12.8. The predicted octanol–water partition coefficient (Wildman–Crippen LogP) is 23.3. The van der Waals surface area contributed by atoms with Crippen LogP contribution in [0.5, 0.6) is 0 Å². The van der Waals surface area contributed by atoms with E-state index in [2.05, 4.69) is 36.6 Å². The second-order valence-electron chi connectivity index (χ2n) is 38.3. The van der Waals surface area contributed by atoms with E-state index < -0.39 is 70.5 Å². The number of alkyl carbamates (subject to hydrolysis) is 2. The molecule has 33 heteroatoms. The van der Waals surface area contributed by atoms with Crippen molar-refractivity contribution in [1.82, 2.24) is 16.0 Å². The molecule has 0 heterocycles. The number of aliphatic hydroxyl groups excluding tert-OH is 2. The highest BCUT2D eigenvalue weighted by Crippen LogP contribution is 2.38. The third kappa shape index (κ3) is 50.2. The van der Waals surface area contributed by atoms with E-state index in [-0.39, 0.29) is 103 Å². The summed E-state index contributed by atoms with van der Waals surface area (Å²) >= 11 is 42.3. The maximum Gasteiger partial charge on any atom is 0.519 e. The summed E-state index contributed by atoms with van der Waals surface area (Å²) in [5.74, 6) is -1.05. The summed E-state index contributed by atoms with van der Waals surface area (Å²) in [6, 6.07) is 38.1. The number of nitrogens with one attached hydrogen (secondary N) is 6. The molecule has 6 aromatic rings. The number of carbonyl (C=O) groups excluding carboxylic acids is 7. The third-order valence-electron chi connectivity index (χ3n) is 16.9. The van der Waals surface area contributed by atoms with Gasteiger partial charge in [0, 0.05) is 52.9 Å². The minimum Gasteiger partial charge on any atom is -0.460 e. The number of hydrogen-bond acceptors (Lipinski definition) is 23. The van der Waals surface area contributed by atoms with Crippen LogP contribution in [0.15, 0.2) is 127 Å². The van der Waals surface area contributed by atoms with Gasteiger partial charge in [0.25, 0.3) is 0 Å². The van der Waals surface area contributed by atoms with Crippen molar-refractivity contribution in [2.45, 2.75) is 259 Å². The molecule has 0 aliphatic heterocycles. The third-order valence-corrected chi connectivity index (χ3v) is 18.9. The Morgan fingerprint density at radius 1 is 0.357 bits per heavy atom. The standard InChI is InChI=1S/C25H32Cl2N2O4.C21H24Cl2N2O2S.C20H24Cl2N2O2.C11H23NO3.C10H18O5.C6H15NO.ClH/c1-24(2,3)20(15-28-23(31)33-25(4,5)6)32-21(30)14-16-10-7-8-13-19(16)29-22-17(26)11-9-12-18(22)27;1-21(2,3)18(12-24-13-28)27-19(26)11-14-7-4-5-10-17(14)25-20-15(22)8-6-9-16(20)23;1-20(2,3)17(12-23)26-18(25)11-13-7-4-5-10-16(13)24-19-14(21)8-6-9-15(19)22;1-10(2,3)8(13)7-12-9(14)15-11(4,5)6;1-9(2,3)14-7(11)13-8(12)15-10(4,5)6;1-6(2,3)5(8)4-7;/h7-13,20,29H,14-15H2,1-6H3,(H,28,31);4-10,13,18,25H,11-12H2,1-3H3,(H,24,28);4-10,17,24H,11-12,23H2,1-3H3;8,13H,7H2,1-6H3,(H,12,14);1-6H3;5,8H,4,7H2,1-3H3;1H. The van der Waals surface area contributed by atoms with E-state index in [1.54, 1.807) is 138 Å². The minimum atomic E-state index is -1.06. The smallest absolute Gasteiger partial charge is 0.460 e. The molecule has 0 aliphatic rings. The van der Waals surface area contributed by atoms with Crippen LogP contribution < -0.4 is 43.4 Å². The van der Waals surface area contributed by atoms with Gasteiger partial charge in [-0.3, -0.25) is 14.4 Å². The zero-order valence-electron chi connectivity index (χ0n) is 78.0. The lowest BCUT2D eigenvalue weighted by Gasteiger charge is -2.31. The van der Waals surface area contributed by atoms with Gasteiger partial charge in [0.05, 0.1) is 97.2 Å². The van der Waals surface area contributed by atoms with E-state index in [0.717, 1.165) is 28.1 Å². The number of esters is 3. The van der Waals surface area contributed by atoms with E-state index in [1.807, 2.05) is 177 Å². The van der Waals surface area contributed by atoms with Gasteiger partial charge in [0.2, 0.25) is 0 Å². The fourth-order valence-corrected chi connectivity index (χ4v) is 11.3. The first kappa shape index (κ1) is 118. The van der Waals surface area contributed by atoms with Gasteiger partial charge in [0.1, 0.15) is 40.7 Å². The number of hydrogen-bond donors (Lipinski definition) is 10. The molecule has 6 rings (SSSR count). The maximum absolute atomic E-state index is 12.8. The fourth-order valence-electron chi connectivity index (χ4n) is 9.75. The molecule has 0 aromatic heterocycles. The van der Waals surface area contributed by atoms with Crippen molar-refractivity contribution in [2.75, 3.05) is 48.7 Å². The molecule has 2 amide bonds. The number of thiocarbonyl (C=S) groups is 1. The summed E-state index contributed by atoms with van der Waals surface area (Å²) in [6.45, 7) is 51.7. The van der Waals surface area contributed by atoms with Gasteiger partial charge < -0.3 is 91.5 Å². The Labute approximate surface area is 788 Å². The van der Waals surface area contributed by atoms with Crippen molar-refractivity contribution in [2.24, 2.45) is 38.5 Å². The molecule has 12 N–H and O–H groups in total. The normalized spacial score (nSPS) is 12.8. The molecule has 0 radical (unpaired) electrons. The number of halogens is 7. The number of anilines is 6. The van der Waals surface area contributed by atoms with E-state index in [4.69, 9.17) is 132 Å². The van der Waals surface area contributed by atoms with Gasteiger partial charge >= 0.3 is 42.4 Å². The van der Waals surface area contributed by atoms with Gasteiger partial charge in [-0.1, -0.05) is 258 Å². The second-order valence-corrected chi connectivity index (χ2v) is 40.9. The Balaban J connectivity index is 0.00000155. The molecule has 0 fully saturated rings. The summed E-state index contributed by atoms with van der Waals surface area (Å²) in [5.41, 5.74) is 15.0. The van der Waals surface area contributed by atoms with Gasteiger partial charge in [-0.05, 0) is 165 Å². The molecule has 126 heavy (non-hydrogen) atoms. The van der Waals surface area contributed by atoms with Crippen LogP contribution in [0.2, 0.25) is 30.1 Å². The fraction of sp³-hybridized carbons (Fsp3) is 0.527. The van der Waals surface area contributed by atoms with Crippen LogP contribution in [-0.4, -0.2) is 144 Å². The number of nitrogens with two attached hydrogens (primary N) is 2. The number of benzene rings is 6. The molecule has 5 atom stereocenters. The highest BCUT2D eigenvalue weighted by atomic mass is 35.5. The van der Waals surface area contributed by atoms with Crippen LogP contribution in [0.25, 0.3) is 0 Å². The van der Waals surface area contributed by atoms with Gasteiger partial charge in [0.15, 0.2) is 0 Å². The second kappa shape index (κ2) is 54.0. The monoisotopic (exact) mass is 1910 g/mol. The molecular weight excluding hydrogens is 1780 g/mol. The molecule has 0 aliphatic carbocycles. The molecule has 0 saturated carbocycles. The van der Waals surface area contributed by atoms with Crippen molar-refractivity contribution < 1.29 is 81.7 Å². The summed E-state index contributed by atoms with van der Waals surface area (Å²) in [6.07, 6.45) is -5.04. The Kier molecular flexibility index (Phi) is 50.6. The van der Waals surface area contributed by atoms with Crippen molar-refractivity contribution in [3.8, 4) is 0 Å². The van der Waals surface area contributed by atoms with Crippen molar-refractivity contribution in [3.63, 3.8) is 0 Å². The first-order valence-electron chi connectivity index (χ1n) is 40.7. The Morgan fingerprint density at radius 2 is 0.619 bits per heavy atom. The summed E-state index contributed by atoms with van der Waals surface area (Å²) in [4.78, 5) is 83.2. The van der Waals surface area contributed by atoms with E-state index >= 15 is 0 Å². The molecule has 0 saturated heterocycles. The molecule has 6 aromatic carbocycles. The highest BCUT2D eigenvalue weighted by molar-refractivity contribution is 7.78. The molecular formula is C93H137Cl7N8O17S. The zero-order valence-corrected chi connectivity index (χ0v) is 84.2. The SMILES string of the molecule is CC(C)(C)C(CN)OC(=O)Cc1ccccc1Nc1c(Cl)cccc1Cl.CC(C)(C)C(CNC=S)OC(=O)Cc1ccccc1Nc1c(Cl)cccc1Cl.CC(C)(C)C(O)CN.CC(C)(C)OC(=O)NCC(O)C(C)(C)C.CC(C)(C)OC(=O)NCC(OC(=O)Cc1ccccc1Nc1c(Cl)cccc1Cl)C(C)(C)C.CC(C)(C)OC(=O)OC(=O)OC(C)(C)C.Cl. The quantitative estimate of drug-likeness (QED) is 0.0116. The first-order chi connectivity index (χ1) is 57.2. The Bertz CT molecular complexity index is 4320. The van der Waals surface area contributed by atoms with Crippen molar-refractivity contribution in [3.05, 3.63) is 174 Å². The Hall–Kier alpha value is -7.83. The van der Waals surface area contributed by atoms with Crippen LogP contribution in [0.1, 0.15) is 204 Å². The Morgan fingerprint density at radius 3 is 0.857 bits per heavy atom. The van der Waals surface area contributed by atoms with Crippen LogP contribution in [0.3, 0.4) is 0 Å². The average Bonchev–Trinajstić information content (AvgIpc) is 0.836. The molecule has 706 valence electrons. The lowest BCUT2D eigenvalue weighted by atomic mass is 9.89. The number of carbonyl (C=O) groups is 7. The lowest BCUT2D eigenvalue weighted by Crippen LogP contribution is -2.44. The molecule has 0 spiro atoms. The highest BCUT2D eigenvalue weighted by Gasteiger charge is 2.33. The number of ether oxygens (including phenoxy) is 8. The number of amides is 2. The largest absolute Gasteiger partial charge is 0.519 e. The van der Waals surface area contributed by atoms with E-state index in [9.17, 15) is 38.7 Å². The molecule has 5 unspecified atom stereocenters. The number of rotatable bonds is 24. The van der Waals surface area contributed by atoms with Crippen molar-refractivity contribution >= 4 is 176 Å². The lowest BCUT2D eigenvalue weighted by molar-refractivity contribution is -0.154. The topological polar surface area (TPSA) is 358 Å². The zero-order chi connectivity index (χ0) is 96.2. The summed E-state index contributed by atoms with van der Waals surface area (Å²) in [7, 11) is 0. The van der Waals surface area contributed by atoms with E-state index in [0.29, 0.717) is 66.0 Å². The molecule has 0 bridgehead atoms. The van der Waals surface area contributed by atoms with Gasteiger partial charge in [-0.25, -0.2) is 19.2 Å². The first-order valence-corrected chi connectivity index (χ1v) is 43.4. The predicted molar refractivity (Wildman–Crippen MR) is 518 cm³/mol. The average molecular weight is 1920 g/mol. The summed E-state index contributed by atoms with van der Waals surface area (Å²) in [5, 5.41) is 39.5. The number of aliphatic hydroxyl groups is 2. The minimum absolute atomic E-state index is 0. The number of para-hydroxylation sites is 6. The van der Waals surface area contributed by atoms with Crippen LogP contribution in [0.4, 0.5) is 53.3 Å². The van der Waals surface area contributed by atoms with Crippen molar-refractivity contribution in [1.29, 1.82) is 0 Å². The van der Waals surface area contributed by atoms with Crippen LogP contribution >= 0.6 is 94.2 Å². The summed E-state index contributed by atoms with van der Waals surface area (Å²) < 4.78 is 41.2. The van der Waals surface area contributed by atoms with E-state index in [1.165, 1.54) is 5.49 Å².